The minimum atomic E-state index is -0.442. The molecule has 0 aromatic heterocycles. The number of benzene rings is 2. The first kappa shape index (κ1) is 14.5. The van der Waals surface area contributed by atoms with Crippen LogP contribution in [-0.2, 0) is 25.9 Å². The van der Waals surface area contributed by atoms with Crippen molar-refractivity contribution < 1.29 is 30.7 Å². The molecule has 0 saturated heterocycles. The summed E-state index contributed by atoms with van der Waals surface area (Å²) in [6.07, 6.45) is 3.03. The van der Waals surface area contributed by atoms with Crippen LogP contribution in [0.5, 0.6) is 0 Å². The molecule has 1 aliphatic rings. The molecule has 0 fully saturated rings. The van der Waals surface area contributed by atoms with E-state index in [2.05, 4.69) is 0 Å². The van der Waals surface area contributed by atoms with Gasteiger partial charge in [0.05, 0.1) is 0 Å². The van der Waals surface area contributed by atoms with E-state index in [9.17, 15) is 9.59 Å². The Bertz CT molecular complexity index is 662. The van der Waals surface area contributed by atoms with Crippen LogP contribution in [0, 0.1) is 0 Å². The third kappa shape index (κ3) is 2.19. The standard InChI is InChI=1S/C14H8O2.H2N.Pt/c15-13-6-5-11-7-9-3-1-2-4-10(9)8-12(11)14(13)16;;/h1-8H;1H2;/q;-1;. The van der Waals surface area contributed by atoms with E-state index in [-0.39, 0.29) is 27.2 Å². The maximum Gasteiger partial charge on any atom is 0.233 e. The molecule has 94 valence electrons. The zero-order chi connectivity index (χ0) is 11.1. The Labute approximate surface area is 119 Å². The van der Waals surface area contributed by atoms with Gasteiger partial charge in [0.15, 0.2) is 0 Å². The summed E-state index contributed by atoms with van der Waals surface area (Å²) >= 11 is 0. The van der Waals surface area contributed by atoms with E-state index in [1.807, 2.05) is 30.3 Å². The monoisotopic (exact) mass is 419 g/mol. The van der Waals surface area contributed by atoms with Crippen molar-refractivity contribution in [2.24, 2.45) is 0 Å². The Morgan fingerprint density at radius 1 is 0.833 bits per heavy atom. The zero-order valence-corrected chi connectivity index (χ0v) is 11.6. The molecule has 0 heterocycles. The molecule has 3 nitrogen and oxygen atoms in total. The molecule has 0 aliphatic heterocycles. The molecule has 0 bridgehead atoms. The predicted molar refractivity (Wildman–Crippen MR) is 67.6 cm³/mol. The fourth-order valence-electron chi connectivity index (χ4n) is 1.97. The summed E-state index contributed by atoms with van der Waals surface area (Å²) < 4.78 is 0. The van der Waals surface area contributed by atoms with Crippen LogP contribution in [0.1, 0.15) is 15.9 Å². The second-order valence-electron chi connectivity index (χ2n) is 3.81. The Morgan fingerprint density at radius 3 is 2.11 bits per heavy atom. The molecular formula is C14H10NO2Pt-. The quantitative estimate of drug-likeness (QED) is 0.615. The number of nitrogens with two attached hydrogens (primary N) is 1. The number of hydrogen-bond acceptors (Lipinski definition) is 2. The summed E-state index contributed by atoms with van der Waals surface area (Å²) in [6, 6.07) is 11.5. The second kappa shape index (κ2) is 5.38. The van der Waals surface area contributed by atoms with E-state index in [0.29, 0.717) is 5.56 Å². The number of carbonyl (C=O) groups excluding carboxylic acids is 2. The van der Waals surface area contributed by atoms with Crippen molar-refractivity contribution in [1.29, 1.82) is 0 Å². The summed E-state index contributed by atoms with van der Waals surface area (Å²) in [5, 5.41) is 2.06. The van der Waals surface area contributed by atoms with Gasteiger partial charge in [-0.1, -0.05) is 30.3 Å². The van der Waals surface area contributed by atoms with Crippen LogP contribution in [0.2, 0.25) is 0 Å². The van der Waals surface area contributed by atoms with E-state index in [4.69, 9.17) is 0 Å². The van der Waals surface area contributed by atoms with E-state index in [0.717, 1.165) is 16.3 Å². The summed E-state index contributed by atoms with van der Waals surface area (Å²) in [7, 11) is 0. The van der Waals surface area contributed by atoms with Gasteiger partial charge in [0.25, 0.3) is 0 Å². The Morgan fingerprint density at radius 2 is 1.44 bits per heavy atom. The first-order chi connectivity index (χ1) is 7.75. The van der Waals surface area contributed by atoms with Gasteiger partial charge in [-0.2, -0.15) is 0 Å². The molecule has 0 spiro atoms. The van der Waals surface area contributed by atoms with Crippen LogP contribution < -0.4 is 0 Å². The topological polar surface area (TPSA) is 67.6 Å². The third-order valence-corrected chi connectivity index (χ3v) is 2.80. The number of ketones is 2. The smallest absolute Gasteiger partial charge is 0.233 e. The number of carbonyl (C=O) groups is 2. The minimum Gasteiger partial charge on any atom is -0.693 e. The molecule has 0 radical (unpaired) electrons. The Hall–Kier alpha value is -1.57. The number of Topliss-reactive ketones (excluding diaryl/α,β-unsaturated/α-hetero) is 1. The van der Waals surface area contributed by atoms with E-state index >= 15 is 0 Å². The normalized spacial score (nSPS) is 12.7. The van der Waals surface area contributed by atoms with Crippen LogP contribution >= 0.6 is 0 Å². The number of rotatable bonds is 0. The van der Waals surface area contributed by atoms with Gasteiger partial charge in [-0.15, -0.1) is 0 Å². The Balaban J connectivity index is 0.000000810. The van der Waals surface area contributed by atoms with Crippen LogP contribution in [0.15, 0.2) is 42.5 Å². The summed E-state index contributed by atoms with van der Waals surface area (Å²) in [5.41, 5.74) is 1.33. The van der Waals surface area contributed by atoms with Gasteiger partial charge in [-0.3, -0.25) is 9.59 Å². The average Bonchev–Trinajstić information content (AvgIpc) is 2.32. The molecule has 2 N–H and O–H groups in total. The molecule has 3 rings (SSSR count). The first-order valence-corrected chi connectivity index (χ1v) is 5.05. The largest absolute Gasteiger partial charge is 0.693 e. The van der Waals surface area contributed by atoms with E-state index in [1.54, 1.807) is 12.1 Å². The van der Waals surface area contributed by atoms with Gasteiger partial charge >= 0.3 is 0 Å². The van der Waals surface area contributed by atoms with E-state index < -0.39 is 11.6 Å². The SMILES string of the molecule is O=C1C=Cc2cc3ccccc3cc2C1=O.[NH2-].[Pt]. The molecule has 0 atom stereocenters. The van der Waals surface area contributed by atoms with Crippen molar-refractivity contribution in [2.45, 2.75) is 0 Å². The summed E-state index contributed by atoms with van der Waals surface area (Å²) in [5.74, 6) is -0.856. The fourth-order valence-corrected chi connectivity index (χ4v) is 1.97. The van der Waals surface area contributed by atoms with Gasteiger partial charge in [0.2, 0.25) is 11.6 Å². The van der Waals surface area contributed by atoms with Gasteiger partial charge in [0.1, 0.15) is 0 Å². The molecule has 18 heavy (non-hydrogen) atoms. The molecule has 0 saturated carbocycles. The number of allylic oxidation sites excluding steroid dienone is 1. The molecule has 1 aliphatic carbocycles. The van der Waals surface area contributed by atoms with Crippen molar-refractivity contribution in [3.8, 4) is 0 Å². The maximum atomic E-state index is 11.7. The van der Waals surface area contributed by atoms with Crippen LogP contribution in [0.3, 0.4) is 0 Å². The van der Waals surface area contributed by atoms with Crippen LogP contribution in [-0.4, -0.2) is 11.6 Å². The first-order valence-electron chi connectivity index (χ1n) is 5.05. The van der Waals surface area contributed by atoms with Crippen molar-refractivity contribution in [3.05, 3.63) is 59.8 Å². The number of hydrogen-bond donors (Lipinski definition) is 0. The predicted octanol–water partition coefficient (Wildman–Crippen LogP) is 3.33. The minimum absolute atomic E-state index is 0. The van der Waals surface area contributed by atoms with Gasteiger partial charge in [0, 0.05) is 26.6 Å². The number of fused-ring (bicyclic) bond motifs is 2. The average molecular weight is 419 g/mol. The molecule has 2 aromatic rings. The zero-order valence-electron chi connectivity index (χ0n) is 9.33. The third-order valence-electron chi connectivity index (χ3n) is 2.80. The van der Waals surface area contributed by atoms with Gasteiger partial charge in [-0.05, 0) is 34.5 Å². The van der Waals surface area contributed by atoms with Crippen molar-refractivity contribution in [3.63, 3.8) is 0 Å². The van der Waals surface area contributed by atoms with Gasteiger partial charge < -0.3 is 6.15 Å². The van der Waals surface area contributed by atoms with Crippen LogP contribution in [0.4, 0.5) is 0 Å². The molecular weight excluding hydrogens is 409 g/mol. The second-order valence-corrected chi connectivity index (χ2v) is 3.81. The molecule has 0 unspecified atom stereocenters. The van der Waals surface area contributed by atoms with E-state index in [1.165, 1.54) is 6.08 Å². The van der Waals surface area contributed by atoms with Crippen molar-refractivity contribution in [2.75, 3.05) is 0 Å². The fraction of sp³-hybridized carbons (Fsp3) is 0. The summed E-state index contributed by atoms with van der Waals surface area (Å²) in [4.78, 5) is 22.9. The Kier molecular flexibility index (Phi) is 4.33. The molecule has 0 amide bonds. The van der Waals surface area contributed by atoms with Gasteiger partial charge in [-0.25, -0.2) is 0 Å². The molecule has 4 heteroatoms. The maximum absolute atomic E-state index is 11.7. The van der Waals surface area contributed by atoms with Crippen molar-refractivity contribution >= 4 is 28.4 Å². The van der Waals surface area contributed by atoms with Crippen molar-refractivity contribution in [1.82, 2.24) is 0 Å². The molecule has 2 aromatic carbocycles. The summed E-state index contributed by atoms with van der Waals surface area (Å²) in [6.45, 7) is 0. The van der Waals surface area contributed by atoms with Crippen LogP contribution in [0.25, 0.3) is 23.0 Å².